The molecule has 0 radical (unpaired) electrons. The Bertz CT molecular complexity index is 847. The molecule has 0 unspecified atom stereocenters. The Balaban J connectivity index is 1.68. The zero-order valence-corrected chi connectivity index (χ0v) is 14.7. The standard InChI is InChI=1S/C19H17FN2O2S/c1-21-19-22(2)18(23)17(25-19)11-13-7-9-15(10-8-13)24-12-14-5-3-4-6-16(14)20/h3-11H,12H2,1-2H3/b17-11+,21-19?. The highest BCUT2D eigenvalue weighted by atomic mass is 32.2. The molecule has 6 heteroatoms. The second-order valence-corrected chi connectivity index (χ2v) is 6.44. The highest BCUT2D eigenvalue weighted by Gasteiger charge is 2.29. The first-order valence-electron chi connectivity index (χ1n) is 7.69. The van der Waals surface area contributed by atoms with Gasteiger partial charge in [-0.1, -0.05) is 30.3 Å². The largest absolute Gasteiger partial charge is 0.489 e. The van der Waals surface area contributed by atoms with Crippen LogP contribution in [0.1, 0.15) is 11.1 Å². The number of rotatable bonds is 4. The van der Waals surface area contributed by atoms with Crippen LogP contribution in [0.4, 0.5) is 4.39 Å². The van der Waals surface area contributed by atoms with E-state index in [-0.39, 0.29) is 18.3 Å². The number of halogens is 1. The van der Waals surface area contributed by atoms with Crippen molar-refractivity contribution in [3.63, 3.8) is 0 Å². The third-order valence-electron chi connectivity index (χ3n) is 3.72. The lowest BCUT2D eigenvalue weighted by molar-refractivity contribution is -0.121. The van der Waals surface area contributed by atoms with Gasteiger partial charge in [-0.25, -0.2) is 4.39 Å². The van der Waals surface area contributed by atoms with Gasteiger partial charge in [0.1, 0.15) is 18.2 Å². The summed E-state index contributed by atoms with van der Waals surface area (Å²) in [5.74, 6) is 0.298. The van der Waals surface area contributed by atoms with Crippen molar-refractivity contribution in [2.45, 2.75) is 6.61 Å². The van der Waals surface area contributed by atoms with Crippen LogP contribution in [0.2, 0.25) is 0 Å². The molecule has 1 saturated heterocycles. The van der Waals surface area contributed by atoms with Gasteiger partial charge in [0.15, 0.2) is 5.17 Å². The van der Waals surface area contributed by atoms with Crippen molar-refractivity contribution < 1.29 is 13.9 Å². The predicted molar refractivity (Wildman–Crippen MR) is 98.9 cm³/mol. The van der Waals surface area contributed by atoms with Crippen LogP contribution in [0.3, 0.4) is 0 Å². The summed E-state index contributed by atoms with van der Waals surface area (Å²) in [5, 5.41) is 0.682. The van der Waals surface area contributed by atoms with E-state index in [1.165, 1.54) is 22.7 Å². The quantitative estimate of drug-likeness (QED) is 0.780. The molecule has 0 atom stereocenters. The number of ether oxygens (including phenoxy) is 1. The minimum atomic E-state index is -0.280. The molecule has 128 valence electrons. The molecule has 2 aromatic carbocycles. The summed E-state index contributed by atoms with van der Waals surface area (Å²) in [7, 11) is 3.37. The van der Waals surface area contributed by atoms with Crippen LogP contribution in [0, 0.1) is 5.82 Å². The van der Waals surface area contributed by atoms with Crippen LogP contribution >= 0.6 is 11.8 Å². The molecule has 4 nitrogen and oxygen atoms in total. The van der Waals surface area contributed by atoms with Gasteiger partial charge in [-0.2, -0.15) is 0 Å². The van der Waals surface area contributed by atoms with E-state index < -0.39 is 0 Å². The number of hydrogen-bond acceptors (Lipinski definition) is 4. The molecule has 1 aliphatic heterocycles. The maximum atomic E-state index is 13.6. The number of benzene rings is 2. The molecule has 1 amide bonds. The normalized spacial score (nSPS) is 17.6. The summed E-state index contributed by atoms with van der Waals surface area (Å²) in [6, 6.07) is 13.9. The zero-order chi connectivity index (χ0) is 17.8. The minimum Gasteiger partial charge on any atom is -0.489 e. The number of likely N-dealkylation sites (N-methyl/N-ethyl adjacent to an activating group) is 1. The van der Waals surface area contributed by atoms with Crippen LogP contribution in [0.25, 0.3) is 6.08 Å². The molecule has 0 bridgehead atoms. The van der Waals surface area contributed by atoms with E-state index in [4.69, 9.17) is 4.74 Å². The van der Waals surface area contributed by atoms with Gasteiger partial charge in [0.25, 0.3) is 5.91 Å². The Hall–Kier alpha value is -2.60. The maximum Gasteiger partial charge on any atom is 0.266 e. The fourth-order valence-corrected chi connectivity index (χ4v) is 3.26. The summed E-state index contributed by atoms with van der Waals surface area (Å²) in [6.07, 6.45) is 1.82. The number of amides is 1. The Morgan fingerprint density at radius 2 is 1.92 bits per heavy atom. The smallest absolute Gasteiger partial charge is 0.266 e. The van der Waals surface area contributed by atoms with Crippen LogP contribution in [0.15, 0.2) is 58.4 Å². The summed E-state index contributed by atoms with van der Waals surface area (Å²) in [5.41, 5.74) is 1.40. The molecule has 2 aromatic rings. The lowest BCUT2D eigenvalue weighted by Crippen LogP contribution is -2.23. The van der Waals surface area contributed by atoms with Crippen LogP contribution in [0.5, 0.6) is 5.75 Å². The van der Waals surface area contributed by atoms with Crippen molar-refractivity contribution in [1.82, 2.24) is 4.90 Å². The van der Waals surface area contributed by atoms with E-state index in [9.17, 15) is 9.18 Å². The second kappa shape index (κ2) is 7.53. The number of hydrogen-bond donors (Lipinski definition) is 0. The van der Waals surface area contributed by atoms with Gasteiger partial charge in [0.2, 0.25) is 0 Å². The summed E-state index contributed by atoms with van der Waals surface area (Å²) in [6.45, 7) is 0.169. The molecule has 0 aliphatic carbocycles. The molecule has 0 aromatic heterocycles. The van der Waals surface area contributed by atoms with Crippen molar-refractivity contribution in [3.05, 3.63) is 70.4 Å². The number of carbonyl (C=O) groups excluding carboxylic acids is 1. The van der Waals surface area contributed by atoms with E-state index in [0.29, 0.717) is 21.4 Å². The fraction of sp³-hybridized carbons (Fsp3) is 0.158. The minimum absolute atomic E-state index is 0.0644. The molecule has 3 rings (SSSR count). The number of carbonyl (C=O) groups is 1. The molecule has 1 fully saturated rings. The number of aliphatic imine (C=N–C) groups is 1. The molecule has 0 saturated carbocycles. The van der Waals surface area contributed by atoms with E-state index in [1.807, 2.05) is 18.2 Å². The number of nitrogens with zero attached hydrogens (tertiary/aromatic N) is 2. The van der Waals surface area contributed by atoms with Gasteiger partial charge in [-0.3, -0.25) is 14.7 Å². The highest BCUT2D eigenvalue weighted by molar-refractivity contribution is 8.18. The molecular weight excluding hydrogens is 339 g/mol. The van der Waals surface area contributed by atoms with Crippen LogP contribution in [-0.2, 0) is 11.4 Å². The third-order valence-corrected chi connectivity index (χ3v) is 4.88. The summed E-state index contributed by atoms with van der Waals surface area (Å²) < 4.78 is 19.2. The second-order valence-electron chi connectivity index (χ2n) is 5.43. The summed E-state index contributed by atoms with van der Waals surface area (Å²) >= 11 is 1.35. The van der Waals surface area contributed by atoms with E-state index in [1.54, 1.807) is 44.4 Å². The molecule has 0 N–H and O–H groups in total. The van der Waals surface area contributed by atoms with Crippen molar-refractivity contribution in [2.75, 3.05) is 14.1 Å². The lowest BCUT2D eigenvalue weighted by Gasteiger charge is -2.07. The van der Waals surface area contributed by atoms with Crippen LogP contribution < -0.4 is 4.74 Å². The zero-order valence-electron chi connectivity index (χ0n) is 13.9. The van der Waals surface area contributed by atoms with Gasteiger partial charge in [-0.15, -0.1) is 0 Å². The van der Waals surface area contributed by atoms with Crippen molar-refractivity contribution in [3.8, 4) is 5.75 Å². The van der Waals surface area contributed by atoms with Gasteiger partial charge < -0.3 is 4.74 Å². The van der Waals surface area contributed by atoms with Crippen molar-refractivity contribution in [1.29, 1.82) is 0 Å². The first-order chi connectivity index (χ1) is 12.1. The monoisotopic (exact) mass is 356 g/mol. The Morgan fingerprint density at radius 3 is 2.56 bits per heavy atom. The Kier molecular flexibility index (Phi) is 5.19. The van der Waals surface area contributed by atoms with Gasteiger partial charge in [-0.05, 0) is 41.6 Å². The Labute approximate surface area is 150 Å². The molecule has 1 heterocycles. The molecule has 0 spiro atoms. The topological polar surface area (TPSA) is 41.9 Å². The van der Waals surface area contributed by atoms with Crippen LogP contribution in [-0.4, -0.2) is 30.1 Å². The predicted octanol–water partition coefficient (Wildman–Crippen LogP) is 3.94. The fourth-order valence-electron chi connectivity index (χ4n) is 2.34. The molecular formula is C19H17FN2O2S. The van der Waals surface area contributed by atoms with Gasteiger partial charge in [0, 0.05) is 19.7 Å². The molecule has 1 aliphatic rings. The van der Waals surface area contributed by atoms with Gasteiger partial charge >= 0.3 is 0 Å². The first kappa shape index (κ1) is 17.2. The maximum absolute atomic E-state index is 13.6. The first-order valence-corrected chi connectivity index (χ1v) is 8.51. The average Bonchev–Trinajstić information content (AvgIpc) is 2.90. The lowest BCUT2D eigenvalue weighted by atomic mass is 10.2. The van der Waals surface area contributed by atoms with E-state index in [2.05, 4.69) is 4.99 Å². The van der Waals surface area contributed by atoms with Crippen molar-refractivity contribution >= 4 is 28.9 Å². The number of thioether (sulfide) groups is 1. The SMILES string of the molecule is CN=C1S/C(=C/c2ccc(OCc3ccccc3F)cc2)C(=O)N1C. The molecule has 25 heavy (non-hydrogen) atoms. The Morgan fingerprint density at radius 1 is 1.20 bits per heavy atom. The van der Waals surface area contributed by atoms with Gasteiger partial charge in [0.05, 0.1) is 4.91 Å². The van der Waals surface area contributed by atoms with Crippen molar-refractivity contribution in [2.24, 2.45) is 4.99 Å². The highest BCUT2D eigenvalue weighted by Crippen LogP contribution is 2.31. The summed E-state index contributed by atoms with van der Waals surface area (Å²) in [4.78, 5) is 18.4. The van der Waals surface area contributed by atoms with E-state index in [0.717, 1.165) is 5.56 Å². The number of amidine groups is 1. The third kappa shape index (κ3) is 3.91. The van der Waals surface area contributed by atoms with E-state index >= 15 is 0 Å². The average molecular weight is 356 g/mol.